The number of carbonyl (C=O) groups is 2. The SMILES string of the molecule is NC(=O)NCCCCCC(=O)N1CCN(S(=O)(=O)c2cccs2)CC1. The highest BCUT2D eigenvalue weighted by molar-refractivity contribution is 7.91. The van der Waals surface area contributed by atoms with Gasteiger partial charge in [-0.3, -0.25) is 4.79 Å². The van der Waals surface area contributed by atoms with Crippen molar-refractivity contribution in [2.24, 2.45) is 5.73 Å². The summed E-state index contributed by atoms with van der Waals surface area (Å²) in [6.45, 7) is 2.02. The number of hydrogen-bond donors (Lipinski definition) is 2. The van der Waals surface area contributed by atoms with E-state index in [9.17, 15) is 18.0 Å². The smallest absolute Gasteiger partial charge is 0.312 e. The number of urea groups is 1. The average molecular weight is 389 g/mol. The van der Waals surface area contributed by atoms with Gasteiger partial charge in [-0.05, 0) is 24.3 Å². The number of thiophene rings is 1. The van der Waals surface area contributed by atoms with Crippen molar-refractivity contribution in [1.82, 2.24) is 14.5 Å². The molecule has 3 amide bonds. The highest BCUT2D eigenvalue weighted by Gasteiger charge is 2.30. The van der Waals surface area contributed by atoms with Crippen molar-refractivity contribution in [1.29, 1.82) is 0 Å². The maximum absolute atomic E-state index is 12.4. The Balaban J connectivity index is 1.69. The fraction of sp³-hybridized carbons (Fsp3) is 0.600. The number of sulfonamides is 1. The largest absolute Gasteiger partial charge is 0.352 e. The molecule has 2 heterocycles. The van der Waals surface area contributed by atoms with Crippen LogP contribution in [0.1, 0.15) is 25.7 Å². The van der Waals surface area contributed by atoms with Crippen LogP contribution in [0.2, 0.25) is 0 Å². The van der Waals surface area contributed by atoms with E-state index in [4.69, 9.17) is 5.73 Å². The number of hydrogen-bond acceptors (Lipinski definition) is 5. The normalized spacial score (nSPS) is 15.9. The predicted octanol–water partition coefficient (Wildman–Crippen LogP) is 0.810. The van der Waals surface area contributed by atoms with Crippen LogP contribution in [0.25, 0.3) is 0 Å². The lowest BCUT2D eigenvalue weighted by Gasteiger charge is -2.33. The van der Waals surface area contributed by atoms with E-state index in [-0.39, 0.29) is 5.91 Å². The van der Waals surface area contributed by atoms with Crippen LogP contribution in [0, 0.1) is 0 Å². The van der Waals surface area contributed by atoms with E-state index in [2.05, 4.69) is 5.32 Å². The van der Waals surface area contributed by atoms with E-state index in [1.165, 1.54) is 15.6 Å². The Labute approximate surface area is 152 Å². The number of primary amides is 1. The lowest BCUT2D eigenvalue weighted by Crippen LogP contribution is -2.50. The third kappa shape index (κ3) is 5.68. The van der Waals surface area contributed by atoms with Crippen LogP contribution in [0.5, 0.6) is 0 Å². The molecule has 1 aromatic heterocycles. The molecule has 0 spiro atoms. The molecular weight excluding hydrogens is 364 g/mol. The van der Waals surface area contributed by atoms with Crippen LogP contribution >= 0.6 is 11.3 Å². The van der Waals surface area contributed by atoms with Gasteiger partial charge in [0.15, 0.2) is 0 Å². The third-order valence-corrected chi connectivity index (χ3v) is 7.32. The zero-order chi connectivity index (χ0) is 18.3. The molecule has 25 heavy (non-hydrogen) atoms. The minimum atomic E-state index is -3.43. The molecule has 0 unspecified atom stereocenters. The molecule has 0 bridgehead atoms. The number of rotatable bonds is 8. The van der Waals surface area contributed by atoms with Gasteiger partial charge in [-0.25, -0.2) is 13.2 Å². The van der Waals surface area contributed by atoms with E-state index in [0.717, 1.165) is 19.3 Å². The van der Waals surface area contributed by atoms with Crippen molar-refractivity contribution in [2.75, 3.05) is 32.7 Å². The Morgan fingerprint density at radius 2 is 1.88 bits per heavy atom. The number of carbonyl (C=O) groups excluding carboxylic acids is 2. The monoisotopic (exact) mass is 388 g/mol. The standard InChI is InChI=1S/C15H24N4O4S2/c16-15(21)17-7-3-1-2-5-13(20)18-8-10-19(11-9-18)25(22,23)14-6-4-12-24-14/h4,6,12H,1-3,5,7-11H2,(H3,16,17,21). The van der Waals surface area contributed by atoms with Crippen molar-refractivity contribution in [2.45, 2.75) is 29.9 Å². The number of unbranched alkanes of at least 4 members (excludes halogenated alkanes) is 2. The van der Waals surface area contributed by atoms with Gasteiger partial charge in [0, 0.05) is 39.1 Å². The van der Waals surface area contributed by atoms with Crippen molar-refractivity contribution < 1.29 is 18.0 Å². The molecular formula is C15H24N4O4S2. The summed E-state index contributed by atoms with van der Waals surface area (Å²) >= 11 is 1.21. The fourth-order valence-electron chi connectivity index (χ4n) is 2.66. The predicted molar refractivity (Wildman–Crippen MR) is 95.7 cm³/mol. The molecule has 0 atom stereocenters. The molecule has 10 heteroatoms. The number of amides is 3. The molecule has 1 aliphatic rings. The van der Waals surface area contributed by atoms with Gasteiger partial charge < -0.3 is 16.0 Å². The number of nitrogens with one attached hydrogen (secondary N) is 1. The van der Waals surface area contributed by atoms with Crippen LogP contribution in [0.3, 0.4) is 0 Å². The minimum absolute atomic E-state index is 0.0519. The van der Waals surface area contributed by atoms with Gasteiger partial charge in [0.25, 0.3) is 10.0 Å². The van der Waals surface area contributed by atoms with Crippen molar-refractivity contribution >= 4 is 33.3 Å². The summed E-state index contributed by atoms with van der Waals surface area (Å²) in [4.78, 5) is 24.4. The average Bonchev–Trinajstić information content (AvgIpc) is 3.13. The van der Waals surface area contributed by atoms with Crippen LogP contribution in [-0.2, 0) is 14.8 Å². The van der Waals surface area contributed by atoms with Crippen LogP contribution in [-0.4, -0.2) is 62.3 Å². The molecule has 1 aromatic rings. The number of nitrogens with zero attached hydrogens (tertiary/aromatic N) is 2. The van der Waals surface area contributed by atoms with Gasteiger partial charge in [-0.1, -0.05) is 12.5 Å². The molecule has 1 aliphatic heterocycles. The Bertz CT molecular complexity index is 668. The maximum Gasteiger partial charge on any atom is 0.312 e. The summed E-state index contributed by atoms with van der Waals surface area (Å²) in [5, 5.41) is 4.25. The van der Waals surface area contributed by atoms with E-state index in [1.807, 2.05) is 0 Å². The summed E-state index contributed by atoms with van der Waals surface area (Å²) in [6, 6.07) is 2.78. The Hall–Kier alpha value is -1.65. The van der Waals surface area contributed by atoms with E-state index < -0.39 is 16.1 Å². The number of piperazine rings is 1. The highest BCUT2D eigenvalue weighted by Crippen LogP contribution is 2.22. The Morgan fingerprint density at radius 1 is 1.16 bits per heavy atom. The first-order valence-electron chi connectivity index (χ1n) is 8.26. The number of nitrogens with two attached hydrogens (primary N) is 1. The lowest BCUT2D eigenvalue weighted by atomic mass is 10.1. The molecule has 8 nitrogen and oxygen atoms in total. The summed E-state index contributed by atoms with van der Waals surface area (Å²) < 4.78 is 26.7. The molecule has 1 saturated heterocycles. The van der Waals surface area contributed by atoms with Crippen molar-refractivity contribution in [3.05, 3.63) is 17.5 Å². The Morgan fingerprint density at radius 3 is 2.48 bits per heavy atom. The topological polar surface area (TPSA) is 113 Å². The van der Waals surface area contributed by atoms with Gasteiger partial charge >= 0.3 is 6.03 Å². The molecule has 0 aliphatic carbocycles. The second kappa shape index (κ2) is 9.16. The van der Waals surface area contributed by atoms with E-state index in [1.54, 1.807) is 22.4 Å². The molecule has 2 rings (SSSR count). The first-order chi connectivity index (χ1) is 11.9. The minimum Gasteiger partial charge on any atom is -0.352 e. The first-order valence-corrected chi connectivity index (χ1v) is 10.6. The third-order valence-electron chi connectivity index (χ3n) is 4.05. The molecule has 0 saturated carbocycles. The summed E-state index contributed by atoms with van der Waals surface area (Å²) in [5.74, 6) is 0.0519. The van der Waals surface area contributed by atoms with E-state index in [0.29, 0.717) is 43.4 Å². The zero-order valence-electron chi connectivity index (χ0n) is 14.0. The maximum atomic E-state index is 12.4. The van der Waals surface area contributed by atoms with E-state index >= 15 is 0 Å². The lowest BCUT2D eigenvalue weighted by molar-refractivity contribution is -0.132. The molecule has 0 radical (unpaired) electrons. The quantitative estimate of drug-likeness (QED) is 0.642. The van der Waals surface area contributed by atoms with Crippen molar-refractivity contribution in [3.8, 4) is 0 Å². The summed E-state index contributed by atoms with van der Waals surface area (Å²) in [7, 11) is -3.43. The first kappa shape index (κ1) is 19.7. The zero-order valence-corrected chi connectivity index (χ0v) is 15.7. The second-order valence-electron chi connectivity index (χ2n) is 5.82. The van der Waals surface area contributed by atoms with Gasteiger partial charge in [-0.15, -0.1) is 11.3 Å². The van der Waals surface area contributed by atoms with Crippen LogP contribution < -0.4 is 11.1 Å². The van der Waals surface area contributed by atoms with Crippen molar-refractivity contribution in [3.63, 3.8) is 0 Å². The van der Waals surface area contributed by atoms with Crippen LogP contribution in [0.15, 0.2) is 21.7 Å². The Kier molecular flexibility index (Phi) is 7.21. The molecule has 3 N–H and O–H groups in total. The second-order valence-corrected chi connectivity index (χ2v) is 8.93. The molecule has 0 aromatic carbocycles. The van der Waals surface area contributed by atoms with Gasteiger partial charge in [0.2, 0.25) is 5.91 Å². The van der Waals surface area contributed by atoms with Gasteiger partial charge in [0.05, 0.1) is 0 Å². The fourth-order valence-corrected chi connectivity index (χ4v) is 5.23. The molecule has 140 valence electrons. The molecule has 1 fully saturated rings. The highest BCUT2D eigenvalue weighted by atomic mass is 32.2. The van der Waals surface area contributed by atoms with Crippen LogP contribution in [0.4, 0.5) is 4.79 Å². The van der Waals surface area contributed by atoms with Gasteiger partial charge in [0.1, 0.15) is 4.21 Å². The van der Waals surface area contributed by atoms with Gasteiger partial charge in [-0.2, -0.15) is 4.31 Å². The summed E-state index contributed by atoms with van der Waals surface area (Å²) in [5.41, 5.74) is 4.97. The summed E-state index contributed by atoms with van der Waals surface area (Å²) in [6.07, 6.45) is 2.79.